The van der Waals surface area contributed by atoms with Gasteiger partial charge in [-0.05, 0) is 19.9 Å². The molecule has 1 fully saturated rings. The molecule has 1 aromatic carbocycles. The van der Waals surface area contributed by atoms with Crippen LogP contribution in [0.4, 0.5) is 0 Å². The topological polar surface area (TPSA) is 69.7 Å². The number of rotatable bonds is 5. The minimum absolute atomic E-state index is 0.175. The molecule has 0 spiro atoms. The maximum absolute atomic E-state index is 12.7. The molecule has 1 unspecified atom stereocenters. The Morgan fingerprint density at radius 3 is 2.62 bits per heavy atom. The summed E-state index contributed by atoms with van der Waals surface area (Å²) in [6.07, 6.45) is -0.555. The Bertz CT molecular complexity index is 592. The molecule has 0 aromatic heterocycles. The SMILES string of the molecule is CCOC(=O)[C@]1(C(=O)c2cccc(C)c2)CC1OC(C)=O. The van der Waals surface area contributed by atoms with Crippen LogP contribution in [0.3, 0.4) is 0 Å². The first-order valence-corrected chi connectivity index (χ1v) is 6.87. The van der Waals surface area contributed by atoms with Crippen molar-refractivity contribution in [2.24, 2.45) is 5.41 Å². The lowest BCUT2D eigenvalue weighted by Gasteiger charge is -2.15. The van der Waals surface area contributed by atoms with Gasteiger partial charge in [-0.2, -0.15) is 0 Å². The summed E-state index contributed by atoms with van der Waals surface area (Å²) in [5.74, 6) is -1.48. The van der Waals surface area contributed by atoms with Crippen LogP contribution in [0.1, 0.15) is 36.2 Å². The fourth-order valence-electron chi connectivity index (χ4n) is 2.43. The number of esters is 2. The van der Waals surface area contributed by atoms with E-state index in [4.69, 9.17) is 9.47 Å². The first-order valence-electron chi connectivity index (χ1n) is 6.87. The molecule has 1 aliphatic rings. The lowest BCUT2D eigenvalue weighted by atomic mass is 9.93. The van der Waals surface area contributed by atoms with Crippen LogP contribution in [0, 0.1) is 12.3 Å². The number of benzene rings is 1. The molecule has 0 amide bonds. The molecule has 2 atom stereocenters. The Balaban J connectivity index is 2.31. The zero-order valence-corrected chi connectivity index (χ0v) is 12.3. The molecule has 1 aromatic rings. The van der Waals surface area contributed by atoms with Gasteiger partial charge in [0.2, 0.25) is 0 Å². The average Bonchev–Trinajstić information content (AvgIpc) is 3.12. The van der Waals surface area contributed by atoms with Crippen molar-refractivity contribution in [3.8, 4) is 0 Å². The average molecular weight is 290 g/mol. The van der Waals surface area contributed by atoms with E-state index in [1.165, 1.54) is 6.92 Å². The minimum Gasteiger partial charge on any atom is -0.465 e. The molecule has 112 valence electrons. The van der Waals surface area contributed by atoms with Crippen LogP contribution >= 0.6 is 0 Å². The van der Waals surface area contributed by atoms with Crippen molar-refractivity contribution in [1.82, 2.24) is 0 Å². The quantitative estimate of drug-likeness (QED) is 0.471. The number of carbonyl (C=O) groups excluding carboxylic acids is 3. The standard InChI is InChI=1S/C16H18O5/c1-4-20-15(19)16(9-13(16)21-11(3)17)14(18)12-7-5-6-10(2)8-12/h5-8,13H,4,9H2,1-3H3/t13?,16-/m1/s1. The van der Waals surface area contributed by atoms with Crippen molar-refractivity contribution in [2.75, 3.05) is 6.61 Å². The van der Waals surface area contributed by atoms with E-state index in [1.807, 2.05) is 13.0 Å². The van der Waals surface area contributed by atoms with Crippen molar-refractivity contribution in [3.05, 3.63) is 35.4 Å². The van der Waals surface area contributed by atoms with E-state index in [-0.39, 0.29) is 18.8 Å². The smallest absolute Gasteiger partial charge is 0.324 e. The predicted octanol–water partition coefficient (Wildman–Crippen LogP) is 2.06. The summed E-state index contributed by atoms with van der Waals surface area (Å²) in [5, 5.41) is 0. The molecular formula is C16H18O5. The van der Waals surface area contributed by atoms with Crippen LogP contribution < -0.4 is 0 Å². The third-order valence-corrected chi connectivity index (χ3v) is 3.53. The Labute approximate surface area is 123 Å². The number of hydrogen-bond acceptors (Lipinski definition) is 5. The maximum Gasteiger partial charge on any atom is 0.324 e. The van der Waals surface area contributed by atoms with Gasteiger partial charge in [0.05, 0.1) is 6.61 Å². The molecule has 0 bridgehead atoms. The van der Waals surface area contributed by atoms with Gasteiger partial charge >= 0.3 is 11.9 Å². The summed E-state index contributed by atoms with van der Waals surface area (Å²) in [4.78, 5) is 36.0. The van der Waals surface area contributed by atoms with Gasteiger partial charge in [-0.25, -0.2) is 0 Å². The number of aryl methyl sites for hydroxylation is 1. The molecule has 0 N–H and O–H groups in total. The van der Waals surface area contributed by atoms with E-state index in [0.717, 1.165) is 5.56 Å². The number of ketones is 1. The Morgan fingerprint density at radius 2 is 2.05 bits per heavy atom. The van der Waals surface area contributed by atoms with Gasteiger partial charge in [0.25, 0.3) is 0 Å². The second kappa shape index (κ2) is 5.68. The van der Waals surface area contributed by atoms with Crippen molar-refractivity contribution in [3.63, 3.8) is 0 Å². The van der Waals surface area contributed by atoms with E-state index in [9.17, 15) is 14.4 Å². The first-order chi connectivity index (χ1) is 9.91. The summed E-state index contributed by atoms with van der Waals surface area (Å²) < 4.78 is 10.1. The van der Waals surface area contributed by atoms with Crippen LogP contribution in [-0.2, 0) is 19.1 Å². The van der Waals surface area contributed by atoms with Crippen molar-refractivity contribution in [2.45, 2.75) is 33.3 Å². The van der Waals surface area contributed by atoms with Crippen LogP contribution in [0.25, 0.3) is 0 Å². The molecular weight excluding hydrogens is 272 g/mol. The predicted molar refractivity (Wildman–Crippen MR) is 74.7 cm³/mol. The minimum atomic E-state index is -1.38. The van der Waals surface area contributed by atoms with Gasteiger partial charge in [0, 0.05) is 18.9 Å². The Kier molecular flexibility index (Phi) is 4.11. The highest BCUT2D eigenvalue weighted by Gasteiger charge is 2.69. The molecule has 5 heteroatoms. The normalized spacial score (nSPS) is 23.3. The summed E-state index contributed by atoms with van der Waals surface area (Å²) in [5.41, 5.74) is -0.0302. The second-order valence-corrected chi connectivity index (χ2v) is 5.19. The largest absolute Gasteiger partial charge is 0.465 e. The van der Waals surface area contributed by atoms with E-state index in [2.05, 4.69) is 0 Å². The van der Waals surface area contributed by atoms with Crippen molar-refractivity contribution in [1.29, 1.82) is 0 Å². The van der Waals surface area contributed by atoms with E-state index in [1.54, 1.807) is 25.1 Å². The van der Waals surface area contributed by atoms with Crippen LogP contribution in [0.15, 0.2) is 24.3 Å². The van der Waals surface area contributed by atoms with Crippen LogP contribution in [-0.4, -0.2) is 30.4 Å². The molecule has 0 saturated heterocycles. The summed E-state index contributed by atoms with van der Waals surface area (Å²) >= 11 is 0. The highest BCUT2D eigenvalue weighted by Crippen LogP contribution is 2.52. The lowest BCUT2D eigenvalue weighted by molar-refractivity contribution is -0.151. The molecule has 1 saturated carbocycles. The first kappa shape index (κ1) is 15.2. The second-order valence-electron chi connectivity index (χ2n) is 5.19. The van der Waals surface area contributed by atoms with Gasteiger partial charge in [-0.1, -0.05) is 23.8 Å². The van der Waals surface area contributed by atoms with Gasteiger partial charge in [-0.3, -0.25) is 14.4 Å². The summed E-state index contributed by atoms with van der Waals surface area (Å²) in [6.45, 7) is 4.97. The molecule has 5 nitrogen and oxygen atoms in total. The van der Waals surface area contributed by atoms with E-state index >= 15 is 0 Å². The molecule has 0 radical (unpaired) electrons. The number of carbonyl (C=O) groups is 3. The fourth-order valence-corrected chi connectivity index (χ4v) is 2.43. The van der Waals surface area contributed by atoms with Crippen LogP contribution in [0.2, 0.25) is 0 Å². The molecule has 0 heterocycles. The lowest BCUT2D eigenvalue weighted by Crippen LogP contribution is -2.33. The van der Waals surface area contributed by atoms with Gasteiger partial charge in [0.15, 0.2) is 11.2 Å². The number of ether oxygens (including phenoxy) is 2. The third-order valence-electron chi connectivity index (χ3n) is 3.53. The third kappa shape index (κ3) is 2.82. The molecule has 2 rings (SSSR count). The van der Waals surface area contributed by atoms with Crippen LogP contribution in [0.5, 0.6) is 0 Å². The molecule has 0 aliphatic heterocycles. The number of Topliss-reactive ketones (excluding diaryl/α,β-unsaturated/α-hetero) is 1. The maximum atomic E-state index is 12.7. The van der Waals surface area contributed by atoms with Gasteiger partial charge in [0.1, 0.15) is 6.10 Å². The van der Waals surface area contributed by atoms with Crippen molar-refractivity contribution >= 4 is 17.7 Å². The monoisotopic (exact) mass is 290 g/mol. The fraction of sp³-hybridized carbons (Fsp3) is 0.438. The van der Waals surface area contributed by atoms with E-state index in [0.29, 0.717) is 5.56 Å². The highest BCUT2D eigenvalue weighted by molar-refractivity contribution is 6.16. The molecule has 21 heavy (non-hydrogen) atoms. The summed E-state index contributed by atoms with van der Waals surface area (Å²) in [6, 6.07) is 6.99. The van der Waals surface area contributed by atoms with Crippen molar-refractivity contribution < 1.29 is 23.9 Å². The van der Waals surface area contributed by atoms with Gasteiger partial charge < -0.3 is 9.47 Å². The zero-order chi connectivity index (χ0) is 15.6. The zero-order valence-electron chi connectivity index (χ0n) is 12.3. The highest BCUT2D eigenvalue weighted by atomic mass is 16.6. The Hall–Kier alpha value is -2.17. The Morgan fingerprint density at radius 1 is 1.33 bits per heavy atom. The molecule has 1 aliphatic carbocycles. The van der Waals surface area contributed by atoms with E-state index < -0.39 is 23.5 Å². The summed E-state index contributed by atoms with van der Waals surface area (Å²) in [7, 11) is 0. The number of hydrogen-bond donors (Lipinski definition) is 0. The van der Waals surface area contributed by atoms with Gasteiger partial charge in [-0.15, -0.1) is 0 Å².